The molecule has 3 rings (SSSR count). The van der Waals surface area contributed by atoms with Crippen molar-refractivity contribution in [2.24, 2.45) is 5.92 Å². The molecule has 1 heterocycles. The number of carbonyl (C=O) groups excluding carboxylic acids is 1. The third-order valence-electron chi connectivity index (χ3n) is 4.63. The zero-order valence-corrected chi connectivity index (χ0v) is 17.6. The van der Waals surface area contributed by atoms with Crippen molar-refractivity contribution in [2.75, 3.05) is 6.61 Å². The summed E-state index contributed by atoms with van der Waals surface area (Å²) in [4.78, 5) is 12.5. The molecule has 0 amide bonds. The van der Waals surface area contributed by atoms with Crippen LogP contribution in [0.2, 0.25) is 5.02 Å². The number of hydrogen-bond acceptors (Lipinski definition) is 3. The average Bonchev–Trinajstić information content (AvgIpc) is 3.15. The highest BCUT2D eigenvalue weighted by molar-refractivity contribution is 6.30. The molecule has 0 spiro atoms. The van der Waals surface area contributed by atoms with Crippen LogP contribution >= 0.6 is 11.6 Å². The van der Waals surface area contributed by atoms with Gasteiger partial charge in [-0.05, 0) is 48.7 Å². The van der Waals surface area contributed by atoms with Crippen molar-refractivity contribution in [3.8, 4) is 5.75 Å². The monoisotopic (exact) mass is 432 g/mol. The van der Waals surface area contributed by atoms with E-state index in [0.717, 1.165) is 24.1 Å². The highest BCUT2D eigenvalue weighted by atomic mass is 35.5. The van der Waals surface area contributed by atoms with Crippen molar-refractivity contribution in [2.45, 2.75) is 33.2 Å². The highest BCUT2D eigenvalue weighted by Gasteiger charge is 2.17. The maximum atomic E-state index is 13.8. The number of rotatable bonds is 9. The summed E-state index contributed by atoms with van der Waals surface area (Å²) in [6.45, 7) is 5.19. The van der Waals surface area contributed by atoms with Crippen LogP contribution in [0.5, 0.6) is 5.75 Å². The first-order valence-electron chi connectivity index (χ1n) is 9.74. The molecule has 0 bridgehead atoms. The Morgan fingerprint density at radius 3 is 2.60 bits per heavy atom. The Hall–Kier alpha value is -2.73. The van der Waals surface area contributed by atoms with E-state index in [1.807, 2.05) is 6.07 Å². The van der Waals surface area contributed by atoms with Crippen molar-refractivity contribution >= 4 is 17.4 Å². The van der Waals surface area contributed by atoms with Crippen LogP contribution in [0.25, 0.3) is 0 Å². The van der Waals surface area contributed by atoms with Crippen LogP contribution < -0.4 is 4.74 Å². The minimum atomic E-state index is -0.745. The maximum Gasteiger partial charge on any atom is 0.187 e. The summed E-state index contributed by atoms with van der Waals surface area (Å²) in [5.41, 5.74) is 0.711. The molecular weight excluding hydrogens is 410 g/mol. The van der Waals surface area contributed by atoms with Gasteiger partial charge in [-0.15, -0.1) is 0 Å². The molecule has 0 N–H and O–H groups in total. The third kappa shape index (κ3) is 5.66. The first kappa shape index (κ1) is 22.0. The molecule has 0 aliphatic carbocycles. The molecule has 0 saturated carbocycles. The smallest absolute Gasteiger partial charge is 0.187 e. The summed E-state index contributed by atoms with van der Waals surface area (Å²) >= 11 is 6.13. The Morgan fingerprint density at radius 2 is 1.90 bits per heavy atom. The molecule has 1 aromatic heterocycles. The summed E-state index contributed by atoms with van der Waals surface area (Å²) in [6.07, 6.45) is 2.18. The molecule has 0 fully saturated rings. The van der Waals surface area contributed by atoms with E-state index in [-0.39, 0.29) is 11.3 Å². The summed E-state index contributed by atoms with van der Waals surface area (Å²) in [5.74, 6) is -0.719. The SMILES string of the molecule is CC(C)CCOc1ccc(Cl)cc1Cn1ccc(C(=O)Cc2c(F)cccc2F)n1. The predicted octanol–water partition coefficient (Wildman–Crippen LogP) is 5.71. The normalized spacial score (nSPS) is 11.1. The second kappa shape index (κ2) is 9.85. The number of Topliss-reactive ketones (excluding diaryl/α,β-unsaturated/α-hetero) is 1. The van der Waals surface area contributed by atoms with Crippen molar-refractivity contribution in [3.63, 3.8) is 0 Å². The van der Waals surface area contributed by atoms with Gasteiger partial charge in [0.2, 0.25) is 0 Å². The molecule has 0 radical (unpaired) electrons. The number of carbonyl (C=O) groups is 1. The zero-order valence-electron chi connectivity index (χ0n) is 16.9. The molecule has 158 valence electrons. The molecule has 3 aromatic rings. The first-order chi connectivity index (χ1) is 14.3. The summed E-state index contributed by atoms with van der Waals surface area (Å²) in [7, 11) is 0. The molecule has 0 saturated heterocycles. The van der Waals surface area contributed by atoms with E-state index >= 15 is 0 Å². The minimum absolute atomic E-state index is 0.141. The van der Waals surface area contributed by atoms with Gasteiger partial charge in [0.1, 0.15) is 23.1 Å². The molecule has 7 heteroatoms. The van der Waals surface area contributed by atoms with E-state index < -0.39 is 23.8 Å². The average molecular weight is 433 g/mol. The van der Waals surface area contributed by atoms with Crippen LogP contribution in [0.4, 0.5) is 8.78 Å². The molecule has 0 unspecified atom stereocenters. The van der Waals surface area contributed by atoms with Crippen LogP contribution in [0.3, 0.4) is 0 Å². The van der Waals surface area contributed by atoms with Gasteiger partial charge < -0.3 is 4.74 Å². The molecule has 0 atom stereocenters. The van der Waals surface area contributed by atoms with Gasteiger partial charge in [-0.3, -0.25) is 9.48 Å². The standard InChI is InChI=1S/C23H23ClF2N2O2/c1-15(2)9-11-30-23-7-6-17(24)12-16(23)14-28-10-8-21(27-28)22(29)13-18-19(25)4-3-5-20(18)26/h3-8,10,12,15H,9,11,13-14H2,1-2H3. The van der Waals surface area contributed by atoms with E-state index in [1.54, 1.807) is 23.0 Å². The summed E-state index contributed by atoms with van der Waals surface area (Å²) in [6, 6.07) is 10.4. The second-order valence-corrected chi connectivity index (χ2v) is 7.92. The number of hydrogen-bond donors (Lipinski definition) is 0. The molecule has 2 aromatic carbocycles. The summed E-state index contributed by atoms with van der Waals surface area (Å²) < 4.78 is 35.1. The zero-order chi connectivity index (χ0) is 21.7. The van der Waals surface area contributed by atoms with Crippen LogP contribution in [-0.2, 0) is 13.0 Å². The van der Waals surface area contributed by atoms with Crippen molar-refractivity contribution < 1.29 is 18.3 Å². The van der Waals surface area contributed by atoms with Crippen molar-refractivity contribution in [3.05, 3.63) is 82.1 Å². The second-order valence-electron chi connectivity index (χ2n) is 7.48. The van der Waals surface area contributed by atoms with Gasteiger partial charge in [0.15, 0.2) is 5.78 Å². The third-order valence-corrected chi connectivity index (χ3v) is 4.87. The lowest BCUT2D eigenvalue weighted by molar-refractivity contribution is 0.0985. The number of benzene rings is 2. The Balaban J connectivity index is 1.72. The highest BCUT2D eigenvalue weighted by Crippen LogP contribution is 2.24. The van der Waals surface area contributed by atoms with Gasteiger partial charge in [0.25, 0.3) is 0 Å². The maximum absolute atomic E-state index is 13.8. The largest absolute Gasteiger partial charge is 0.493 e. The minimum Gasteiger partial charge on any atom is -0.493 e. The van der Waals surface area contributed by atoms with Crippen molar-refractivity contribution in [1.82, 2.24) is 9.78 Å². The van der Waals surface area contributed by atoms with Gasteiger partial charge in [-0.1, -0.05) is 31.5 Å². The number of nitrogens with zero attached hydrogens (tertiary/aromatic N) is 2. The quantitative estimate of drug-likeness (QED) is 0.406. The van der Waals surface area contributed by atoms with Crippen molar-refractivity contribution in [1.29, 1.82) is 0 Å². The number of ether oxygens (including phenoxy) is 1. The van der Waals surface area contributed by atoms with E-state index in [1.165, 1.54) is 12.1 Å². The van der Waals surface area contributed by atoms with Crippen LogP contribution in [-0.4, -0.2) is 22.2 Å². The Morgan fingerprint density at radius 1 is 1.17 bits per heavy atom. The van der Waals surface area contributed by atoms with E-state index in [9.17, 15) is 13.6 Å². The lowest BCUT2D eigenvalue weighted by Crippen LogP contribution is -2.10. The van der Waals surface area contributed by atoms with Crippen LogP contribution in [0.1, 0.15) is 41.9 Å². The molecule has 4 nitrogen and oxygen atoms in total. The molecule has 0 aliphatic heterocycles. The fourth-order valence-corrected chi connectivity index (χ4v) is 3.14. The Bertz CT molecular complexity index is 1010. The van der Waals surface area contributed by atoms with Gasteiger partial charge in [-0.2, -0.15) is 5.10 Å². The van der Waals surface area contributed by atoms with Gasteiger partial charge in [0.05, 0.1) is 13.2 Å². The first-order valence-corrected chi connectivity index (χ1v) is 10.1. The Kier molecular flexibility index (Phi) is 7.21. The van der Waals surface area contributed by atoms with Crippen LogP contribution in [0, 0.1) is 17.6 Å². The number of aromatic nitrogens is 2. The number of halogens is 3. The molecular formula is C23H23ClF2N2O2. The van der Waals surface area contributed by atoms with E-state index in [0.29, 0.717) is 29.8 Å². The van der Waals surface area contributed by atoms with E-state index in [2.05, 4.69) is 18.9 Å². The molecule has 0 aliphatic rings. The number of ketones is 1. The lowest BCUT2D eigenvalue weighted by Gasteiger charge is -2.13. The van der Waals surface area contributed by atoms with Gasteiger partial charge in [-0.25, -0.2) is 8.78 Å². The van der Waals surface area contributed by atoms with E-state index in [4.69, 9.17) is 16.3 Å². The van der Waals surface area contributed by atoms with Crippen LogP contribution in [0.15, 0.2) is 48.7 Å². The molecule has 30 heavy (non-hydrogen) atoms. The predicted molar refractivity (Wildman–Crippen MR) is 112 cm³/mol. The fourth-order valence-electron chi connectivity index (χ4n) is 2.94. The van der Waals surface area contributed by atoms with Gasteiger partial charge in [0, 0.05) is 28.8 Å². The van der Waals surface area contributed by atoms with Gasteiger partial charge >= 0.3 is 0 Å². The summed E-state index contributed by atoms with van der Waals surface area (Å²) in [5, 5.41) is 4.83. The Labute approximate surface area is 179 Å². The fraction of sp³-hybridized carbons (Fsp3) is 0.304. The topological polar surface area (TPSA) is 44.1 Å². The lowest BCUT2D eigenvalue weighted by atomic mass is 10.1.